The molecule has 4 nitrogen and oxygen atoms in total. The fraction of sp³-hybridized carbons (Fsp3) is 0.176. The minimum Gasteiger partial charge on any atom is -0.307 e. The molecule has 0 saturated heterocycles. The summed E-state index contributed by atoms with van der Waals surface area (Å²) < 4.78 is 64.7. The minimum absolute atomic E-state index is 0.0320. The molecule has 0 radical (unpaired) electrons. The van der Waals surface area contributed by atoms with Crippen molar-refractivity contribution in [2.75, 3.05) is 5.32 Å². The SMILES string of the molecule is Cc1cc(SC(F)(F)F)c(C)cc1NC(=O)NC(=O)c1c(F)cccc1F. The van der Waals surface area contributed by atoms with E-state index in [-0.39, 0.29) is 27.9 Å². The van der Waals surface area contributed by atoms with Gasteiger partial charge < -0.3 is 5.32 Å². The summed E-state index contributed by atoms with van der Waals surface area (Å²) >= 11 is -0.286. The number of hydrogen-bond donors (Lipinski definition) is 2. The molecule has 0 aliphatic heterocycles. The Bertz CT molecular complexity index is 879. The maximum Gasteiger partial charge on any atom is 0.446 e. The second-order valence-corrected chi connectivity index (χ2v) is 6.59. The van der Waals surface area contributed by atoms with Gasteiger partial charge in [0.2, 0.25) is 0 Å². The lowest BCUT2D eigenvalue weighted by Crippen LogP contribution is -2.35. The zero-order chi connectivity index (χ0) is 20.4. The van der Waals surface area contributed by atoms with E-state index in [1.54, 1.807) is 5.32 Å². The highest BCUT2D eigenvalue weighted by Gasteiger charge is 2.30. The van der Waals surface area contributed by atoms with Crippen LogP contribution in [0.3, 0.4) is 0 Å². The van der Waals surface area contributed by atoms with E-state index >= 15 is 0 Å². The van der Waals surface area contributed by atoms with E-state index in [1.165, 1.54) is 26.0 Å². The molecule has 0 saturated carbocycles. The second-order valence-electron chi connectivity index (χ2n) is 5.49. The second kappa shape index (κ2) is 7.95. The number of urea groups is 1. The van der Waals surface area contributed by atoms with E-state index in [9.17, 15) is 31.5 Å². The van der Waals surface area contributed by atoms with Crippen LogP contribution >= 0.6 is 11.8 Å². The fourth-order valence-corrected chi connectivity index (χ4v) is 2.90. The normalized spacial score (nSPS) is 11.2. The molecule has 0 bridgehead atoms. The number of nitrogens with one attached hydrogen (secondary N) is 2. The molecule has 0 aliphatic carbocycles. The first-order valence-corrected chi connectivity index (χ1v) is 8.23. The lowest BCUT2D eigenvalue weighted by atomic mass is 10.1. The van der Waals surface area contributed by atoms with Crippen LogP contribution in [0.5, 0.6) is 0 Å². The zero-order valence-electron chi connectivity index (χ0n) is 14.0. The number of hydrogen-bond acceptors (Lipinski definition) is 3. The summed E-state index contributed by atoms with van der Waals surface area (Å²) in [4.78, 5) is 23.8. The van der Waals surface area contributed by atoms with Gasteiger partial charge in [0.05, 0.1) is 0 Å². The highest BCUT2D eigenvalue weighted by atomic mass is 32.2. The number of halogens is 5. The van der Waals surface area contributed by atoms with Crippen molar-refractivity contribution in [3.05, 3.63) is 58.7 Å². The van der Waals surface area contributed by atoms with Crippen LogP contribution < -0.4 is 10.6 Å². The molecule has 3 amide bonds. The van der Waals surface area contributed by atoms with Crippen LogP contribution in [0.1, 0.15) is 21.5 Å². The van der Waals surface area contributed by atoms with E-state index < -0.39 is 34.6 Å². The van der Waals surface area contributed by atoms with Gasteiger partial charge in [-0.2, -0.15) is 13.2 Å². The van der Waals surface area contributed by atoms with Crippen molar-refractivity contribution in [1.82, 2.24) is 5.32 Å². The van der Waals surface area contributed by atoms with Gasteiger partial charge in [-0.15, -0.1) is 0 Å². The Morgan fingerprint density at radius 3 is 2.15 bits per heavy atom. The Morgan fingerprint density at radius 1 is 1.00 bits per heavy atom. The summed E-state index contributed by atoms with van der Waals surface area (Å²) in [6.07, 6.45) is 0. The topological polar surface area (TPSA) is 58.2 Å². The van der Waals surface area contributed by atoms with Gasteiger partial charge in [0.25, 0.3) is 5.91 Å². The number of carbonyl (C=O) groups excluding carboxylic acids is 2. The summed E-state index contributed by atoms with van der Waals surface area (Å²) in [5.41, 5.74) is -4.66. The predicted octanol–water partition coefficient (Wildman–Crippen LogP) is 5.16. The summed E-state index contributed by atoms with van der Waals surface area (Å²) in [6, 6.07) is 4.24. The molecule has 0 heterocycles. The first kappa shape index (κ1) is 20.7. The molecule has 0 atom stereocenters. The number of aryl methyl sites for hydroxylation is 2. The van der Waals surface area contributed by atoms with Crippen molar-refractivity contribution < 1.29 is 31.5 Å². The van der Waals surface area contributed by atoms with Gasteiger partial charge >= 0.3 is 11.5 Å². The van der Waals surface area contributed by atoms with Gasteiger partial charge in [0.1, 0.15) is 17.2 Å². The van der Waals surface area contributed by atoms with Gasteiger partial charge in [-0.1, -0.05) is 6.07 Å². The van der Waals surface area contributed by atoms with Crippen molar-refractivity contribution >= 4 is 29.4 Å². The van der Waals surface area contributed by atoms with Gasteiger partial charge in [0.15, 0.2) is 0 Å². The zero-order valence-corrected chi connectivity index (χ0v) is 14.8. The lowest BCUT2D eigenvalue weighted by molar-refractivity contribution is -0.0328. The molecule has 144 valence electrons. The number of anilines is 1. The molecule has 0 unspecified atom stereocenters. The highest BCUT2D eigenvalue weighted by molar-refractivity contribution is 8.00. The average molecular weight is 404 g/mol. The number of thioether (sulfide) groups is 1. The lowest BCUT2D eigenvalue weighted by Gasteiger charge is -2.14. The van der Waals surface area contributed by atoms with Crippen LogP contribution in [0.2, 0.25) is 0 Å². The molecule has 0 aliphatic rings. The Labute approximate surface area is 155 Å². The minimum atomic E-state index is -4.46. The molecule has 0 fully saturated rings. The molecular formula is C17H13F5N2O2S. The molecule has 0 aromatic heterocycles. The van der Waals surface area contributed by atoms with E-state index in [4.69, 9.17) is 0 Å². The van der Waals surface area contributed by atoms with Crippen molar-refractivity contribution in [2.24, 2.45) is 0 Å². The van der Waals surface area contributed by atoms with Gasteiger partial charge in [-0.3, -0.25) is 10.1 Å². The Morgan fingerprint density at radius 2 is 1.59 bits per heavy atom. The highest BCUT2D eigenvalue weighted by Crippen LogP contribution is 2.39. The van der Waals surface area contributed by atoms with Crippen LogP contribution in [0.15, 0.2) is 35.2 Å². The van der Waals surface area contributed by atoms with E-state index in [0.29, 0.717) is 5.56 Å². The summed E-state index contributed by atoms with van der Waals surface area (Å²) in [6.45, 7) is 2.89. The van der Waals surface area contributed by atoms with Crippen molar-refractivity contribution in [1.29, 1.82) is 0 Å². The van der Waals surface area contributed by atoms with Crippen molar-refractivity contribution in [2.45, 2.75) is 24.3 Å². The summed E-state index contributed by atoms with van der Waals surface area (Å²) in [5.74, 6) is -3.57. The Kier molecular flexibility index (Phi) is 6.09. The first-order chi connectivity index (χ1) is 12.5. The smallest absolute Gasteiger partial charge is 0.307 e. The number of benzene rings is 2. The number of alkyl halides is 3. The molecular weight excluding hydrogens is 391 g/mol. The predicted molar refractivity (Wildman–Crippen MR) is 90.7 cm³/mol. The molecule has 2 rings (SSSR count). The van der Waals surface area contributed by atoms with E-state index in [0.717, 1.165) is 18.2 Å². The largest absolute Gasteiger partial charge is 0.446 e. The van der Waals surface area contributed by atoms with E-state index in [1.807, 2.05) is 0 Å². The van der Waals surface area contributed by atoms with Gasteiger partial charge in [0, 0.05) is 10.6 Å². The third kappa shape index (κ3) is 5.43. The Hall–Kier alpha value is -2.62. The van der Waals surface area contributed by atoms with Gasteiger partial charge in [-0.25, -0.2) is 13.6 Å². The van der Waals surface area contributed by atoms with Crippen LogP contribution in [0.25, 0.3) is 0 Å². The molecule has 2 aromatic rings. The van der Waals surface area contributed by atoms with Crippen LogP contribution in [0.4, 0.5) is 32.4 Å². The number of imide groups is 1. The van der Waals surface area contributed by atoms with Crippen molar-refractivity contribution in [3.63, 3.8) is 0 Å². The Balaban J connectivity index is 2.14. The third-order valence-corrected chi connectivity index (χ3v) is 4.30. The van der Waals surface area contributed by atoms with Gasteiger partial charge in [-0.05, 0) is 61.0 Å². The summed E-state index contributed by atoms with van der Waals surface area (Å²) in [7, 11) is 0. The third-order valence-electron chi connectivity index (χ3n) is 3.41. The number of amides is 3. The van der Waals surface area contributed by atoms with Crippen molar-refractivity contribution in [3.8, 4) is 0 Å². The standard InChI is InChI=1S/C17H13F5N2O2S/c1-8-7-13(27-17(20,21)22)9(2)6-12(8)23-16(26)24-15(25)14-10(18)4-3-5-11(14)19/h3-7H,1-2H3,(H2,23,24,25,26). The van der Waals surface area contributed by atoms with E-state index in [2.05, 4.69) is 5.32 Å². The van der Waals surface area contributed by atoms with Crippen LogP contribution in [-0.4, -0.2) is 17.4 Å². The average Bonchev–Trinajstić information content (AvgIpc) is 2.50. The molecule has 0 spiro atoms. The number of rotatable bonds is 3. The first-order valence-electron chi connectivity index (χ1n) is 7.41. The molecule has 2 N–H and O–H groups in total. The monoisotopic (exact) mass is 404 g/mol. The summed E-state index contributed by atoms with van der Waals surface area (Å²) in [5, 5.41) is 4.05. The molecule has 27 heavy (non-hydrogen) atoms. The number of carbonyl (C=O) groups is 2. The van der Waals surface area contributed by atoms with Crippen LogP contribution in [-0.2, 0) is 0 Å². The molecule has 10 heteroatoms. The maximum absolute atomic E-state index is 13.5. The quantitative estimate of drug-likeness (QED) is 0.549. The fourth-order valence-electron chi connectivity index (χ4n) is 2.19. The molecule has 2 aromatic carbocycles. The van der Waals surface area contributed by atoms with Crippen LogP contribution in [0, 0.1) is 25.5 Å². The maximum atomic E-state index is 13.5.